The van der Waals surface area contributed by atoms with E-state index in [1.807, 2.05) is 42.5 Å². The Bertz CT molecular complexity index is 1520. The summed E-state index contributed by atoms with van der Waals surface area (Å²) < 4.78 is 7.40. The zero-order valence-electron chi connectivity index (χ0n) is 17.9. The molecule has 0 atom stereocenters. The lowest BCUT2D eigenvalue weighted by molar-refractivity contribution is 0.0502. The van der Waals surface area contributed by atoms with Crippen molar-refractivity contribution in [3.8, 4) is 0 Å². The van der Waals surface area contributed by atoms with Crippen molar-refractivity contribution in [3.05, 3.63) is 64.4 Å². The van der Waals surface area contributed by atoms with Crippen molar-refractivity contribution in [2.75, 3.05) is 6.61 Å². The van der Waals surface area contributed by atoms with Crippen molar-refractivity contribution in [2.45, 2.75) is 39.0 Å². The van der Waals surface area contributed by atoms with Crippen LogP contribution in [0.1, 0.15) is 49.4 Å². The molecule has 3 aromatic heterocycles. The highest BCUT2D eigenvalue weighted by molar-refractivity contribution is 6.11. The molecule has 0 aliphatic carbocycles. The molecule has 2 aromatic carbocycles. The summed E-state index contributed by atoms with van der Waals surface area (Å²) in [7, 11) is 0. The van der Waals surface area contributed by atoms with Gasteiger partial charge >= 0.3 is 5.97 Å². The summed E-state index contributed by atoms with van der Waals surface area (Å²) in [4.78, 5) is 38.4. The fourth-order valence-electron chi connectivity index (χ4n) is 4.17. The Labute approximate surface area is 184 Å². The van der Waals surface area contributed by atoms with E-state index in [4.69, 9.17) is 14.7 Å². The number of rotatable bonds is 7. The van der Waals surface area contributed by atoms with Gasteiger partial charge in [-0.2, -0.15) is 0 Å². The number of carbonyl (C=O) groups is 1. The number of hydrogen-bond acceptors (Lipinski definition) is 5. The summed E-state index contributed by atoms with van der Waals surface area (Å²) in [5.74, 6) is -0.497. The molecule has 0 bridgehead atoms. The van der Waals surface area contributed by atoms with E-state index in [1.165, 1.54) is 6.42 Å². The number of para-hydroxylation sites is 3. The van der Waals surface area contributed by atoms with Gasteiger partial charge in [0.15, 0.2) is 5.65 Å². The van der Waals surface area contributed by atoms with Crippen LogP contribution in [-0.2, 0) is 4.74 Å². The van der Waals surface area contributed by atoms with Gasteiger partial charge in [0.2, 0.25) is 0 Å². The maximum atomic E-state index is 13.2. The van der Waals surface area contributed by atoms with Crippen LogP contribution in [0.3, 0.4) is 0 Å². The first-order valence-corrected chi connectivity index (χ1v) is 11.1. The number of ether oxygens (including phenoxy) is 1. The predicted molar refractivity (Wildman–Crippen MR) is 125 cm³/mol. The van der Waals surface area contributed by atoms with Crippen LogP contribution in [-0.4, -0.2) is 31.9 Å². The molecule has 0 amide bonds. The Morgan fingerprint density at radius 3 is 2.50 bits per heavy atom. The summed E-state index contributed by atoms with van der Waals surface area (Å²) in [5.41, 5.74) is 3.33. The minimum atomic E-state index is -0.497. The SMILES string of the molecule is CCCCCCCOC(=O)c1c2nc3ccccc3nc2n2c1[nH]c(=O)c1ccccc12. The van der Waals surface area contributed by atoms with E-state index in [0.29, 0.717) is 45.4 Å². The van der Waals surface area contributed by atoms with Crippen molar-refractivity contribution >= 4 is 44.7 Å². The lowest BCUT2D eigenvalue weighted by atomic mass is 10.2. The second-order valence-electron chi connectivity index (χ2n) is 7.96. The third-order valence-corrected chi connectivity index (χ3v) is 5.77. The largest absolute Gasteiger partial charge is 0.462 e. The van der Waals surface area contributed by atoms with E-state index in [9.17, 15) is 9.59 Å². The lowest BCUT2D eigenvalue weighted by Crippen LogP contribution is -2.13. The van der Waals surface area contributed by atoms with Crippen molar-refractivity contribution in [3.63, 3.8) is 0 Å². The Morgan fingerprint density at radius 2 is 1.69 bits per heavy atom. The quantitative estimate of drug-likeness (QED) is 0.291. The third kappa shape index (κ3) is 3.39. The van der Waals surface area contributed by atoms with Crippen LogP contribution in [0.4, 0.5) is 0 Å². The highest BCUT2D eigenvalue weighted by atomic mass is 16.5. The van der Waals surface area contributed by atoms with Gasteiger partial charge < -0.3 is 9.72 Å². The number of benzene rings is 2. The summed E-state index contributed by atoms with van der Waals surface area (Å²) in [6.45, 7) is 2.50. The number of esters is 1. The van der Waals surface area contributed by atoms with Crippen LogP contribution in [0.5, 0.6) is 0 Å². The molecule has 3 heterocycles. The number of nitrogens with one attached hydrogen (secondary N) is 1. The maximum Gasteiger partial charge on any atom is 0.344 e. The van der Waals surface area contributed by atoms with Crippen molar-refractivity contribution in [1.29, 1.82) is 0 Å². The first-order valence-electron chi connectivity index (χ1n) is 11.1. The molecule has 0 unspecified atom stereocenters. The maximum absolute atomic E-state index is 13.2. The van der Waals surface area contributed by atoms with Gasteiger partial charge in [0.1, 0.15) is 16.7 Å². The van der Waals surface area contributed by atoms with Gasteiger partial charge in [0.05, 0.1) is 28.5 Å². The van der Waals surface area contributed by atoms with Crippen molar-refractivity contribution in [2.24, 2.45) is 0 Å². The highest BCUT2D eigenvalue weighted by Crippen LogP contribution is 2.28. The third-order valence-electron chi connectivity index (χ3n) is 5.77. The van der Waals surface area contributed by atoms with Gasteiger partial charge in [-0.05, 0) is 30.7 Å². The Kier molecular flexibility index (Phi) is 5.31. The molecule has 5 rings (SSSR count). The molecule has 0 aliphatic rings. The summed E-state index contributed by atoms with van der Waals surface area (Å²) >= 11 is 0. The van der Waals surface area contributed by atoms with Crippen molar-refractivity contribution in [1.82, 2.24) is 19.4 Å². The Hall–Kier alpha value is -3.74. The molecule has 5 aromatic rings. The molecule has 162 valence electrons. The number of carbonyl (C=O) groups excluding carboxylic acids is 1. The van der Waals surface area contributed by atoms with Gasteiger partial charge in [-0.25, -0.2) is 14.8 Å². The van der Waals surface area contributed by atoms with E-state index >= 15 is 0 Å². The monoisotopic (exact) mass is 428 g/mol. The smallest absolute Gasteiger partial charge is 0.344 e. The number of H-pyrrole nitrogens is 1. The number of nitrogens with zero attached hydrogens (tertiary/aromatic N) is 3. The first kappa shape index (κ1) is 20.2. The predicted octanol–water partition coefficient (Wildman–Crippen LogP) is 5.00. The zero-order valence-corrected chi connectivity index (χ0v) is 17.9. The Balaban J connectivity index is 1.69. The van der Waals surface area contributed by atoms with Crippen LogP contribution >= 0.6 is 0 Å². The number of hydrogen-bond donors (Lipinski definition) is 1. The lowest BCUT2D eigenvalue weighted by Gasteiger charge is -2.05. The van der Waals surface area contributed by atoms with Crippen LogP contribution in [0.15, 0.2) is 53.3 Å². The molecule has 7 heteroatoms. The van der Waals surface area contributed by atoms with E-state index in [2.05, 4.69) is 11.9 Å². The number of fused-ring (bicyclic) bond motifs is 6. The molecule has 0 fully saturated rings. The average molecular weight is 428 g/mol. The second-order valence-corrected chi connectivity index (χ2v) is 7.96. The normalized spacial score (nSPS) is 11.7. The minimum absolute atomic E-state index is 0.245. The Morgan fingerprint density at radius 1 is 0.969 bits per heavy atom. The molecular formula is C25H24N4O3. The number of aromatic amines is 1. The average Bonchev–Trinajstić information content (AvgIpc) is 3.12. The van der Waals surface area contributed by atoms with Crippen LogP contribution in [0, 0.1) is 0 Å². The fourth-order valence-corrected chi connectivity index (χ4v) is 4.17. The standard InChI is InChI=1S/C25H24N4O3/c1-2-3-4-5-10-15-32-25(31)20-21-23(27-18-13-8-7-12-17(18)26-21)29-19-14-9-6-11-16(19)24(30)28-22(20)29/h6-9,11-14H,2-5,10,15H2,1H3,(H,28,30). The molecule has 7 nitrogen and oxygen atoms in total. The molecule has 0 aliphatic heterocycles. The van der Waals surface area contributed by atoms with E-state index in [0.717, 1.165) is 25.7 Å². The molecule has 32 heavy (non-hydrogen) atoms. The topological polar surface area (TPSA) is 89.3 Å². The molecular weight excluding hydrogens is 404 g/mol. The molecule has 0 radical (unpaired) electrons. The van der Waals surface area contributed by atoms with Gasteiger partial charge in [0, 0.05) is 0 Å². The number of unbranched alkanes of at least 4 members (excludes halogenated alkanes) is 4. The van der Waals surface area contributed by atoms with Crippen LogP contribution in [0.25, 0.3) is 38.7 Å². The summed E-state index contributed by atoms with van der Waals surface area (Å²) in [5, 5.41) is 0.516. The first-order chi connectivity index (χ1) is 15.7. The fraction of sp³-hybridized carbons (Fsp3) is 0.280. The summed E-state index contributed by atoms with van der Waals surface area (Å²) in [6, 6.07) is 14.8. The van der Waals surface area contributed by atoms with Crippen LogP contribution in [0.2, 0.25) is 0 Å². The number of aromatic nitrogens is 4. The van der Waals surface area contributed by atoms with Gasteiger partial charge in [-0.1, -0.05) is 56.9 Å². The van der Waals surface area contributed by atoms with Gasteiger partial charge in [-0.3, -0.25) is 9.20 Å². The van der Waals surface area contributed by atoms with Crippen LogP contribution < -0.4 is 5.56 Å². The van der Waals surface area contributed by atoms with E-state index < -0.39 is 5.97 Å². The van der Waals surface area contributed by atoms with E-state index in [-0.39, 0.29) is 11.1 Å². The van der Waals surface area contributed by atoms with E-state index in [1.54, 1.807) is 10.5 Å². The van der Waals surface area contributed by atoms with Gasteiger partial charge in [-0.15, -0.1) is 0 Å². The second kappa shape index (κ2) is 8.42. The minimum Gasteiger partial charge on any atom is -0.462 e. The molecule has 0 saturated heterocycles. The molecule has 0 saturated carbocycles. The molecule has 1 N–H and O–H groups in total. The van der Waals surface area contributed by atoms with Gasteiger partial charge in [0.25, 0.3) is 5.56 Å². The summed E-state index contributed by atoms with van der Waals surface area (Å²) in [6.07, 6.45) is 5.30. The van der Waals surface area contributed by atoms with Crippen molar-refractivity contribution < 1.29 is 9.53 Å². The highest BCUT2D eigenvalue weighted by Gasteiger charge is 2.25. The molecule has 0 spiro atoms. The zero-order chi connectivity index (χ0) is 22.1.